The zero-order valence-corrected chi connectivity index (χ0v) is 12.5. The quantitative estimate of drug-likeness (QED) is 0.714. The molecule has 0 saturated carbocycles. The van der Waals surface area contributed by atoms with E-state index in [1.54, 1.807) is 19.1 Å². The van der Waals surface area contributed by atoms with Crippen LogP contribution in [0.15, 0.2) is 30.3 Å². The highest BCUT2D eigenvalue weighted by molar-refractivity contribution is 5.77. The average molecular weight is 279 g/mol. The van der Waals surface area contributed by atoms with Gasteiger partial charge in [-0.2, -0.15) is 0 Å². The molecule has 0 bridgehead atoms. The van der Waals surface area contributed by atoms with Gasteiger partial charge < -0.3 is 15.5 Å². The third-order valence-corrected chi connectivity index (χ3v) is 3.83. The molecule has 1 rings (SSSR count). The number of hydrogen-bond acceptors (Lipinski definition) is 3. The van der Waals surface area contributed by atoms with E-state index in [1.807, 2.05) is 32.0 Å². The Hall–Kier alpha value is -1.39. The minimum Gasteiger partial charge on any atom is -0.388 e. The molecule has 0 fully saturated rings. The van der Waals surface area contributed by atoms with Crippen molar-refractivity contribution in [1.82, 2.24) is 5.32 Å². The first-order valence-corrected chi connectivity index (χ1v) is 7.10. The summed E-state index contributed by atoms with van der Waals surface area (Å²) in [7, 11) is 0. The largest absolute Gasteiger partial charge is 0.388 e. The summed E-state index contributed by atoms with van der Waals surface area (Å²) in [5.74, 6) is -0.265. The number of carbonyl (C=O) groups is 1. The second kappa shape index (κ2) is 6.86. The first-order chi connectivity index (χ1) is 9.33. The fourth-order valence-corrected chi connectivity index (χ4v) is 2.04. The third kappa shape index (κ3) is 4.62. The van der Waals surface area contributed by atoms with Gasteiger partial charge in [-0.15, -0.1) is 0 Å². The monoisotopic (exact) mass is 279 g/mol. The number of rotatable bonds is 7. The van der Waals surface area contributed by atoms with Gasteiger partial charge in [0, 0.05) is 6.54 Å². The molecule has 1 atom stereocenters. The van der Waals surface area contributed by atoms with E-state index >= 15 is 0 Å². The molecular formula is C16H25NO3. The lowest BCUT2D eigenvalue weighted by molar-refractivity contribution is -0.127. The molecule has 0 aliphatic heterocycles. The van der Waals surface area contributed by atoms with Gasteiger partial charge in [-0.05, 0) is 25.3 Å². The molecule has 0 aliphatic rings. The zero-order valence-electron chi connectivity index (χ0n) is 12.5. The van der Waals surface area contributed by atoms with Crippen LogP contribution < -0.4 is 5.32 Å². The molecule has 0 aromatic heterocycles. The van der Waals surface area contributed by atoms with Crippen LogP contribution >= 0.6 is 0 Å². The molecule has 1 amide bonds. The van der Waals surface area contributed by atoms with Gasteiger partial charge in [0.1, 0.15) is 0 Å². The first kappa shape index (κ1) is 16.7. The second-order valence-corrected chi connectivity index (χ2v) is 5.52. The summed E-state index contributed by atoms with van der Waals surface area (Å²) in [6.07, 6.45) is 1.14. The minimum atomic E-state index is -1.21. The number of benzene rings is 1. The molecule has 20 heavy (non-hydrogen) atoms. The Morgan fingerprint density at radius 3 is 2.20 bits per heavy atom. The molecule has 3 N–H and O–H groups in total. The Morgan fingerprint density at radius 2 is 1.70 bits per heavy atom. The number of hydrogen-bond donors (Lipinski definition) is 3. The van der Waals surface area contributed by atoms with E-state index in [1.165, 1.54) is 0 Å². The van der Waals surface area contributed by atoms with Crippen LogP contribution in [0.1, 0.15) is 45.6 Å². The van der Waals surface area contributed by atoms with Gasteiger partial charge >= 0.3 is 0 Å². The third-order valence-electron chi connectivity index (χ3n) is 3.83. The summed E-state index contributed by atoms with van der Waals surface area (Å²) in [4.78, 5) is 11.9. The molecule has 0 aliphatic carbocycles. The minimum absolute atomic E-state index is 0.0273. The maximum Gasteiger partial charge on any atom is 0.223 e. The normalized spacial score (nSPS) is 14.7. The standard InChI is InChI=1S/C16H25NO3/c1-4-16(20,5-2)12-17-14(18)11-15(3,19)13-9-7-6-8-10-13/h6-10,19-20H,4-5,11-12H2,1-3H3,(H,17,18). The summed E-state index contributed by atoms with van der Waals surface area (Å²) in [6, 6.07) is 9.11. The molecule has 4 heteroatoms. The van der Waals surface area contributed by atoms with Crippen molar-refractivity contribution < 1.29 is 15.0 Å². The molecule has 112 valence electrons. The predicted molar refractivity (Wildman–Crippen MR) is 79.2 cm³/mol. The zero-order chi connectivity index (χ0) is 15.2. The predicted octanol–water partition coefficient (Wildman–Crippen LogP) is 1.95. The van der Waals surface area contributed by atoms with Crippen LogP contribution in [-0.4, -0.2) is 28.3 Å². The Bertz CT molecular complexity index is 425. The van der Waals surface area contributed by atoms with Crippen LogP contribution in [0, 0.1) is 0 Å². The molecule has 1 unspecified atom stereocenters. The van der Waals surface area contributed by atoms with Crippen LogP contribution in [-0.2, 0) is 10.4 Å². The van der Waals surface area contributed by atoms with E-state index in [4.69, 9.17) is 0 Å². The highest BCUT2D eigenvalue weighted by Gasteiger charge is 2.28. The van der Waals surface area contributed by atoms with Crippen molar-refractivity contribution in [2.45, 2.75) is 51.2 Å². The van der Waals surface area contributed by atoms with Crippen molar-refractivity contribution in [3.8, 4) is 0 Å². The van der Waals surface area contributed by atoms with Crippen molar-refractivity contribution in [1.29, 1.82) is 0 Å². The summed E-state index contributed by atoms with van der Waals surface area (Å²) in [5.41, 5.74) is -1.37. The maximum absolute atomic E-state index is 11.9. The van der Waals surface area contributed by atoms with E-state index in [0.717, 1.165) is 0 Å². The van der Waals surface area contributed by atoms with Gasteiger partial charge in [-0.1, -0.05) is 44.2 Å². The SMILES string of the molecule is CCC(O)(CC)CNC(=O)CC(C)(O)c1ccccc1. The lowest BCUT2D eigenvalue weighted by Gasteiger charge is -2.27. The van der Waals surface area contributed by atoms with Gasteiger partial charge in [0.05, 0.1) is 17.6 Å². The number of amides is 1. The van der Waals surface area contributed by atoms with Gasteiger partial charge in [0.2, 0.25) is 5.91 Å². The fraction of sp³-hybridized carbons (Fsp3) is 0.562. The number of aliphatic hydroxyl groups is 2. The Kier molecular flexibility index (Phi) is 5.72. The molecule has 0 heterocycles. The number of nitrogens with one attached hydrogen (secondary N) is 1. The summed E-state index contributed by atoms with van der Waals surface area (Å²) >= 11 is 0. The van der Waals surface area contributed by atoms with Crippen molar-refractivity contribution >= 4 is 5.91 Å². The topological polar surface area (TPSA) is 69.6 Å². The Balaban J connectivity index is 2.58. The van der Waals surface area contributed by atoms with Crippen LogP contribution in [0.3, 0.4) is 0 Å². The van der Waals surface area contributed by atoms with Gasteiger partial charge in [0.25, 0.3) is 0 Å². The van der Waals surface area contributed by atoms with E-state index in [-0.39, 0.29) is 18.9 Å². The van der Waals surface area contributed by atoms with E-state index < -0.39 is 11.2 Å². The van der Waals surface area contributed by atoms with Crippen molar-refractivity contribution in [3.05, 3.63) is 35.9 Å². The molecular weight excluding hydrogens is 254 g/mol. The van der Waals surface area contributed by atoms with Crippen molar-refractivity contribution in [3.63, 3.8) is 0 Å². The molecule has 0 radical (unpaired) electrons. The van der Waals surface area contributed by atoms with Gasteiger partial charge in [-0.3, -0.25) is 4.79 Å². The van der Waals surface area contributed by atoms with Gasteiger partial charge in [-0.25, -0.2) is 0 Å². The van der Waals surface area contributed by atoms with E-state index in [9.17, 15) is 15.0 Å². The highest BCUT2D eigenvalue weighted by Crippen LogP contribution is 2.24. The molecule has 0 spiro atoms. The molecule has 1 aromatic rings. The maximum atomic E-state index is 11.9. The molecule has 4 nitrogen and oxygen atoms in total. The number of carbonyl (C=O) groups excluding carboxylic acids is 1. The Labute approximate surface area is 120 Å². The van der Waals surface area contributed by atoms with Gasteiger partial charge in [0.15, 0.2) is 0 Å². The lowest BCUT2D eigenvalue weighted by atomic mass is 9.92. The molecule has 0 saturated heterocycles. The van der Waals surface area contributed by atoms with E-state index in [2.05, 4.69) is 5.32 Å². The fourth-order valence-electron chi connectivity index (χ4n) is 2.04. The van der Waals surface area contributed by atoms with Crippen molar-refractivity contribution in [2.24, 2.45) is 0 Å². The highest BCUT2D eigenvalue weighted by atomic mass is 16.3. The lowest BCUT2D eigenvalue weighted by Crippen LogP contribution is -2.43. The van der Waals surface area contributed by atoms with Crippen LogP contribution in [0.2, 0.25) is 0 Å². The smallest absolute Gasteiger partial charge is 0.223 e. The second-order valence-electron chi connectivity index (χ2n) is 5.52. The summed E-state index contributed by atoms with van der Waals surface area (Å²) < 4.78 is 0. The molecule has 1 aromatic carbocycles. The summed E-state index contributed by atoms with van der Waals surface area (Å²) in [6.45, 7) is 5.60. The Morgan fingerprint density at radius 1 is 1.15 bits per heavy atom. The van der Waals surface area contributed by atoms with Crippen LogP contribution in [0.5, 0.6) is 0 Å². The summed E-state index contributed by atoms with van der Waals surface area (Å²) in [5, 5.41) is 23.2. The van der Waals surface area contributed by atoms with Crippen LogP contribution in [0.4, 0.5) is 0 Å². The van der Waals surface area contributed by atoms with E-state index in [0.29, 0.717) is 18.4 Å². The van der Waals surface area contributed by atoms with Crippen LogP contribution in [0.25, 0.3) is 0 Å². The average Bonchev–Trinajstić information content (AvgIpc) is 2.45. The van der Waals surface area contributed by atoms with Crippen molar-refractivity contribution in [2.75, 3.05) is 6.54 Å². The first-order valence-electron chi connectivity index (χ1n) is 7.10.